The van der Waals surface area contributed by atoms with Crippen molar-refractivity contribution in [3.05, 3.63) is 60.7 Å². The fourth-order valence-corrected chi connectivity index (χ4v) is 3.06. The molecular weight excluding hydrogens is 354 g/mol. The Bertz CT molecular complexity index is 1190. The van der Waals surface area contributed by atoms with Gasteiger partial charge < -0.3 is 19.8 Å². The molecule has 3 heterocycles. The van der Waals surface area contributed by atoms with Crippen molar-refractivity contribution < 1.29 is 9.47 Å². The number of fused-ring (bicyclic) bond motifs is 1. The number of rotatable bonds is 5. The van der Waals surface area contributed by atoms with Gasteiger partial charge in [-0.2, -0.15) is 5.26 Å². The lowest BCUT2D eigenvalue weighted by molar-refractivity contribution is 0.355. The van der Waals surface area contributed by atoms with Crippen LogP contribution in [0.2, 0.25) is 0 Å². The van der Waals surface area contributed by atoms with Crippen LogP contribution in [0.1, 0.15) is 5.56 Å². The van der Waals surface area contributed by atoms with Gasteiger partial charge in [-0.3, -0.25) is 4.98 Å². The quantitative estimate of drug-likeness (QED) is 0.544. The number of ether oxygens (including phenoxy) is 2. The second-order valence-corrected chi connectivity index (χ2v) is 6.06. The van der Waals surface area contributed by atoms with E-state index < -0.39 is 0 Å². The summed E-state index contributed by atoms with van der Waals surface area (Å²) in [6, 6.07) is 11.7. The number of nitrogens with zero attached hydrogens (tertiary/aromatic N) is 3. The number of nitriles is 1. The van der Waals surface area contributed by atoms with Crippen LogP contribution < -0.4 is 14.8 Å². The standard InChI is InChI=1S/C21H17N5O2/c1-27-18-4-3-13(8-19(18)28-2)17-12-23-10-15(9-22)20(17)26-16-7-14-5-6-24-21(14)25-11-16/h3-8,10-12H,1-2H3,(H,23,26)(H,24,25). The zero-order valence-corrected chi connectivity index (χ0v) is 15.4. The highest BCUT2D eigenvalue weighted by atomic mass is 16.5. The van der Waals surface area contributed by atoms with Crippen molar-refractivity contribution in [3.8, 4) is 28.7 Å². The second kappa shape index (κ2) is 7.29. The van der Waals surface area contributed by atoms with E-state index in [1.54, 1.807) is 26.6 Å². The molecule has 4 rings (SSSR count). The lowest BCUT2D eigenvalue weighted by atomic mass is 10.0. The molecule has 1 aromatic carbocycles. The summed E-state index contributed by atoms with van der Waals surface area (Å²) in [7, 11) is 3.18. The number of H-pyrrole nitrogens is 1. The van der Waals surface area contributed by atoms with Gasteiger partial charge in [0, 0.05) is 29.5 Å². The summed E-state index contributed by atoms with van der Waals surface area (Å²) in [5.41, 5.74) is 4.29. The molecular formula is C21H17N5O2. The van der Waals surface area contributed by atoms with Crippen molar-refractivity contribution in [1.29, 1.82) is 5.26 Å². The zero-order valence-electron chi connectivity index (χ0n) is 15.4. The first-order valence-electron chi connectivity index (χ1n) is 8.54. The summed E-state index contributed by atoms with van der Waals surface area (Å²) in [4.78, 5) is 11.7. The first-order valence-corrected chi connectivity index (χ1v) is 8.54. The summed E-state index contributed by atoms with van der Waals surface area (Å²) in [5.74, 6) is 1.23. The molecule has 0 aliphatic rings. The lowest BCUT2D eigenvalue weighted by Gasteiger charge is -2.15. The molecule has 0 aliphatic carbocycles. The maximum atomic E-state index is 9.59. The Kier molecular flexibility index (Phi) is 4.52. The summed E-state index contributed by atoms with van der Waals surface area (Å²) < 4.78 is 10.7. The minimum absolute atomic E-state index is 0.432. The molecule has 28 heavy (non-hydrogen) atoms. The Morgan fingerprint density at radius 3 is 2.68 bits per heavy atom. The van der Waals surface area contributed by atoms with Crippen molar-refractivity contribution in [2.75, 3.05) is 19.5 Å². The molecule has 3 aromatic heterocycles. The molecule has 0 bridgehead atoms. The van der Waals surface area contributed by atoms with Crippen LogP contribution >= 0.6 is 0 Å². The van der Waals surface area contributed by atoms with Gasteiger partial charge in [0.15, 0.2) is 11.5 Å². The van der Waals surface area contributed by atoms with E-state index in [2.05, 4.69) is 26.3 Å². The highest BCUT2D eigenvalue weighted by molar-refractivity contribution is 5.87. The minimum atomic E-state index is 0.432. The Morgan fingerprint density at radius 1 is 1.04 bits per heavy atom. The summed E-state index contributed by atoms with van der Waals surface area (Å²) >= 11 is 0. The SMILES string of the molecule is COc1ccc(-c2cncc(C#N)c2Nc2cnc3[nH]ccc3c2)cc1OC. The van der Waals surface area contributed by atoms with Gasteiger partial charge in [-0.1, -0.05) is 6.07 Å². The molecule has 2 N–H and O–H groups in total. The largest absolute Gasteiger partial charge is 0.493 e. The first-order chi connectivity index (χ1) is 13.7. The Hall–Kier alpha value is -4.05. The van der Waals surface area contributed by atoms with Gasteiger partial charge in [-0.15, -0.1) is 0 Å². The molecule has 0 saturated carbocycles. The van der Waals surface area contributed by atoms with Gasteiger partial charge in [0.2, 0.25) is 0 Å². The molecule has 0 unspecified atom stereocenters. The Morgan fingerprint density at radius 2 is 1.89 bits per heavy atom. The molecule has 7 nitrogen and oxygen atoms in total. The summed E-state index contributed by atoms with van der Waals surface area (Å²) in [5, 5.41) is 13.9. The zero-order chi connectivity index (χ0) is 19.5. The molecule has 0 spiro atoms. The highest BCUT2D eigenvalue weighted by Crippen LogP contribution is 2.37. The van der Waals surface area contributed by atoms with E-state index in [9.17, 15) is 5.26 Å². The molecule has 4 aromatic rings. The van der Waals surface area contributed by atoms with Gasteiger partial charge in [-0.25, -0.2) is 4.98 Å². The predicted molar refractivity (Wildman–Crippen MR) is 107 cm³/mol. The van der Waals surface area contributed by atoms with Crippen molar-refractivity contribution in [3.63, 3.8) is 0 Å². The van der Waals surface area contributed by atoms with Crippen LogP contribution in [0.3, 0.4) is 0 Å². The topological polar surface area (TPSA) is 95.9 Å². The third kappa shape index (κ3) is 3.08. The van der Waals surface area contributed by atoms with Crippen molar-refractivity contribution in [1.82, 2.24) is 15.0 Å². The molecule has 0 saturated heterocycles. The van der Waals surface area contributed by atoms with E-state index in [1.807, 2.05) is 36.5 Å². The third-order valence-electron chi connectivity index (χ3n) is 4.43. The number of nitrogens with one attached hydrogen (secondary N) is 2. The maximum absolute atomic E-state index is 9.59. The predicted octanol–water partition coefficient (Wildman–Crippen LogP) is 4.26. The molecule has 138 valence electrons. The fraction of sp³-hybridized carbons (Fsp3) is 0.0952. The van der Waals surface area contributed by atoms with Gasteiger partial charge in [0.25, 0.3) is 0 Å². The average molecular weight is 371 g/mol. The number of aromatic amines is 1. The summed E-state index contributed by atoms with van der Waals surface area (Å²) in [6.45, 7) is 0. The van der Waals surface area contributed by atoms with E-state index >= 15 is 0 Å². The molecule has 0 aliphatic heterocycles. The number of aromatic nitrogens is 3. The monoisotopic (exact) mass is 371 g/mol. The highest BCUT2D eigenvalue weighted by Gasteiger charge is 2.14. The number of benzene rings is 1. The number of hydrogen-bond acceptors (Lipinski definition) is 6. The van der Waals surface area contributed by atoms with Crippen LogP contribution in [-0.2, 0) is 0 Å². The Labute approximate surface area is 161 Å². The van der Waals surface area contributed by atoms with E-state index in [-0.39, 0.29) is 0 Å². The second-order valence-electron chi connectivity index (χ2n) is 6.06. The maximum Gasteiger partial charge on any atom is 0.161 e. The van der Waals surface area contributed by atoms with Crippen molar-refractivity contribution in [2.24, 2.45) is 0 Å². The van der Waals surface area contributed by atoms with Gasteiger partial charge in [0.05, 0.1) is 37.4 Å². The van der Waals surface area contributed by atoms with E-state index in [4.69, 9.17) is 9.47 Å². The van der Waals surface area contributed by atoms with Gasteiger partial charge >= 0.3 is 0 Å². The first kappa shape index (κ1) is 17.4. The van der Waals surface area contributed by atoms with Crippen LogP contribution in [0.4, 0.5) is 11.4 Å². The van der Waals surface area contributed by atoms with Crippen LogP contribution in [0.5, 0.6) is 11.5 Å². The molecule has 7 heteroatoms. The molecule has 0 radical (unpaired) electrons. The number of pyridine rings is 2. The lowest BCUT2D eigenvalue weighted by Crippen LogP contribution is -1.99. The summed E-state index contributed by atoms with van der Waals surface area (Å²) in [6.07, 6.45) is 6.81. The van der Waals surface area contributed by atoms with Crippen LogP contribution in [0.25, 0.3) is 22.2 Å². The third-order valence-corrected chi connectivity index (χ3v) is 4.43. The van der Waals surface area contributed by atoms with Crippen LogP contribution in [0, 0.1) is 11.3 Å². The smallest absolute Gasteiger partial charge is 0.161 e. The number of hydrogen-bond donors (Lipinski definition) is 2. The average Bonchev–Trinajstić information content (AvgIpc) is 3.21. The molecule has 0 atom stereocenters. The van der Waals surface area contributed by atoms with Gasteiger partial charge in [0.1, 0.15) is 11.7 Å². The minimum Gasteiger partial charge on any atom is -0.493 e. The van der Waals surface area contributed by atoms with Gasteiger partial charge in [-0.05, 0) is 29.8 Å². The fourth-order valence-electron chi connectivity index (χ4n) is 3.06. The van der Waals surface area contributed by atoms with Crippen molar-refractivity contribution >= 4 is 22.4 Å². The molecule has 0 amide bonds. The van der Waals surface area contributed by atoms with E-state index in [0.717, 1.165) is 27.8 Å². The van der Waals surface area contributed by atoms with E-state index in [0.29, 0.717) is 22.7 Å². The van der Waals surface area contributed by atoms with Crippen LogP contribution in [0.15, 0.2) is 55.1 Å². The molecule has 0 fully saturated rings. The normalized spacial score (nSPS) is 10.5. The number of methoxy groups -OCH3 is 2. The van der Waals surface area contributed by atoms with Crippen molar-refractivity contribution in [2.45, 2.75) is 0 Å². The van der Waals surface area contributed by atoms with E-state index in [1.165, 1.54) is 6.20 Å². The number of anilines is 2. The van der Waals surface area contributed by atoms with Crippen LogP contribution in [-0.4, -0.2) is 29.2 Å². The Balaban J connectivity index is 1.82.